The zero-order valence-electron chi connectivity index (χ0n) is 9.67. The van der Waals surface area contributed by atoms with Crippen LogP contribution in [0.25, 0.3) is 0 Å². The number of hydrogen-bond acceptors (Lipinski definition) is 3. The van der Waals surface area contributed by atoms with E-state index in [1.165, 1.54) is 11.3 Å². The van der Waals surface area contributed by atoms with E-state index >= 15 is 0 Å². The lowest BCUT2D eigenvalue weighted by Gasteiger charge is -2.27. The van der Waals surface area contributed by atoms with Crippen LogP contribution in [0.2, 0.25) is 0 Å². The topological polar surface area (TPSA) is 42.4 Å². The molecule has 88 valence electrons. The fraction of sp³-hybridized carbons (Fsp3) is 0.286. The van der Waals surface area contributed by atoms with E-state index in [4.69, 9.17) is 10.2 Å². The molecule has 0 saturated heterocycles. The van der Waals surface area contributed by atoms with Crippen molar-refractivity contribution in [2.45, 2.75) is 12.5 Å². The van der Waals surface area contributed by atoms with Crippen molar-refractivity contribution in [1.82, 2.24) is 0 Å². The van der Waals surface area contributed by atoms with Crippen LogP contribution in [0.4, 0.5) is 5.69 Å². The van der Waals surface area contributed by atoms with E-state index in [1.54, 1.807) is 6.26 Å². The minimum Gasteiger partial charge on any atom is -0.467 e. The standard InChI is InChI=1S/C14H16N2O/c15-10-13(14-6-3-9-17-14)16-8-7-11-4-1-2-5-12(11)16/h1-6,9,13H,7-8,10,15H2. The first-order valence-electron chi connectivity index (χ1n) is 5.98. The van der Waals surface area contributed by atoms with Gasteiger partial charge in [0.05, 0.1) is 12.3 Å². The fourth-order valence-electron chi connectivity index (χ4n) is 2.57. The van der Waals surface area contributed by atoms with E-state index in [2.05, 4.69) is 29.2 Å². The summed E-state index contributed by atoms with van der Waals surface area (Å²) in [6.45, 7) is 1.59. The average Bonchev–Trinajstić information content (AvgIpc) is 3.01. The Balaban J connectivity index is 1.95. The third kappa shape index (κ3) is 1.72. The van der Waals surface area contributed by atoms with Crippen molar-refractivity contribution < 1.29 is 4.42 Å². The molecule has 1 aromatic heterocycles. The molecular formula is C14H16N2O. The summed E-state index contributed by atoms with van der Waals surface area (Å²) < 4.78 is 5.49. The largest absolute Gasteiger partial charge is 0.467 e. The number of fused-ring (bicyclic) bond motifs is 1. The van der Waals surface area contributed by atoms with Gasteiger partial charge in [-0.3, -0.25) is 0 Å². The van der Waals surface area contributed by atoms with Gasteiger partial charge in [-0.1, -0.05) is 18.2 Å². The lowest BCUT2D eigenvalue weighted by Crippen LogP contribution is -2.32. The van der Waals surface area contributed by atoms with Gasteiger partial charge in [0.2, 0.25) is 0 Å². The molecule has 0 aliphatic carbocycles. The van der Waals surface area contributed by atoms with Gasteiger partial charge in [-0.25, -0.2) is 0 Å². The molecule has 1 unspecified atom stereocenters. The minimum atomic E-state index is 0.147. The molecule has 0 fully saturated rings. The quantitative estimate of drug-likeness (QED) is 0.876. The molecule has 3 rings (SSSR count). The molecule has 3 heteroatoms. The van der Waals surface area contributed by atoms with Crippen LogP contribution in [0.3, 0.4) is 0 Å². The number of rotatable bonds is 3. The van der Waals surface area contributed by atoms with Crippen LogP contribution >= 0.6 is 0 Å². The Morgan fingerprint density at radius 1 is 1.24 bits per heavy atom. The number of para-hydroxylation sites is 1. The van der Waals surface area contributed by atoms with Crippen molar-refractivity contribution in [3.05, 3.63) is 54.0 Å². The molecule has 2 aromatic rings. The highest BCUT2D eigenvalue weighted by Crippen LogP contribution is 2.34. The van der Waals surface area contributed by atoms with Crippen molar-refractivity contribution in [1.29, 1.82) is 0 Å². The van der Waals surface area contributed by atoms with Crippen molar-refractivity contribution in [2.24, 2.45) is 5.73 Å². The smallest absolute Gasteiger partial charge is 0.127 e. The van der Waals surface area contributed by atoms with E-state index in [-0.39, 0.29) is 6.04 Å². The number of benzene rings is 1. The van der Waals surface area contributed by atoms with Gasteiger partial charge in [-0.2, -0.15) is 0 Å². The molecular weight excluding hydrogens is 212 g/mol. The molecule has 0 spiro atoms. The van der Waals surface area contributed by atoms with Gasteiger partial charge in [-0.05, 0) is 30.2 Å². The molecule has 0 amide bonds. The number of furan rings is 1. The predicted molar refractivity (Wildman–Crippen MR) is 68.0 cm³/mol. The molecule has 0 saturated carbocycles. The highest BCUT2D eigenvalue weighted by molar-refractivity contribution is 5.59. The summed E-state index contributed by atoms with van der Waals surface area (Å²) in [5.74, 6) is 0.948. The van der Waals surface area contributed by atoms with Crippen molar-refractivity contribution in [2.75, 3.05) is 18.0 Å². The molecule has 17 heavy (non-hydrogen) atoms. The molecule has 3 nitrogen and oxygen atoms in total. The average molecular weight is 228 g/mol. The summed E-state index contributed by atoms with van der Waals surface area (Å²) in [7, 11) is 0. The maximum atomic E-state index is 5.90. The zero-order valence-corrected chi connectivity index (χ0v) is 9.67. The summed E-state index contributed by atoms with van der Waals surface area (Å²) in [6.07, 6.45) is 2.80. The van der Waals surface area contributed by atoms with Gasteiger partial charge < -0.3 is 15.1 Å². The molecule has 1 aliphatic rings. The highest BCUT2D eigenvalue weighted by atomic mass is 16.3. The SMILES string of the molecule is NCC(c1ccco1)N1CCc2ccccc21. The number of nitrogens with zero attached hydrogens (tertiary/aromatic N) is 1. The number of nitrogens with two attached hydrogens (primary N) is 1. The Morgan fingerprint density at radius 3 is 2.88 bits per heavy atom. The summed E-state index contributed by atoms with van der Waals surface area (Å²) in [5, 5.41) is 0. The first kappa shape index (κ1) is 10.4. The third-order valence-electron chi connectivity index (χ3n) is 3.39. The number of anilines is 1. The van der Waals surface area contributed by atoms with Crippen LogP contribution in [0.1, 0.15) is 17.4 Å². The van der Waals surface area contributed by atoms with Crippen LogP contribution in [0, 0.1) is 0 Å². The fourth-order valence-corrected chi connectivity index (χ4v) is 2.57. The summed E-state index contributed by atoms with van der Waals surface area (Å²) in [6, 6.07) is 12.6. The van der Waals surface area contributed by atoms with Crippen LogP contribution in [0.15, 0.2) is 47.1 Å². The summed E-state index contributed by atoms with van der Waals surface area (Å²) in [4.78, 5) is 2.34. The summed E-state index contributed by atoms with van der Waals surface area (Å²) in [5.41, 5.74) is 8.59. The van der Waals surface area contributed by atoms with E-state index in [0.717, 1.165) is 18.7 Å². The van der Waals surface area contributed by atoms with Gasteiger partial charge in [0.1, 0.15) is 5.76 Å². The van der Waals surface area contributed by atoms with E-state index in [9.17, 15) is 0 Å². The Hall–Kier alpha value is -1.74. The molecule has 1 aliphatic heterocycles. The molecule has 2 heterocycles. The summed E-state index contributed by atoms with van der Waals surface area (Å²) >= 11 is 0. The van der Waals surface area contributed by atoms with Crippen molar-refractivity contribution >= 4 is 5.69 Å². The second kappa shape index (κ2) is 4.26. The molecule has 0 radical (unpaired) electrons. The Labute approximate surface area is 101 Å². The van der Waals surface area contributed by atoms with Crippen LogP contribution in [-0.2, 0) is 6.42 Å². The zero-order chi connectivity index (χ0) is 11.7. The number of hydrogen-bond donors (Lipinski definition) is 1. The second-order valence-corrected chi connectivity index (χ2v) is 4.34. The normalized spacial score (nSPS) is 15.9. The molecule has 1 aromatic carbocycles. The van der Waals surface area contributed by atoms with Crippen molar-refractivity contribution in [3.8, 4) is 0 Å². The van der Waals surface area contributed by atoms with Gasteiger partial charge in [0.15, 0.2) is 0 Å². The first-order valence-corrected chi connectivity index (χ1v) is 5.98. The maximum absolute atomic E-state index is 5.90. The van der Waals surface area contributed by atoms with Gasteiger partial charge >= 0.3 is 0 Å². The molecule has 2 N–H and O–H groups in total. The Bertz CT molecular complexity index is 493. The van der Waals surface area contributed by atoms with Crippen LogP contribution < -0.4 is 10.6 Å². The Morgan fingerprint density at radius 2 is 2.12 bits per heavy atom. The van der Waals surface area contributed by atoms with Gasteiger partial charge in [-0.15, -0.1) is 0 Å². The van der Waals surface area contributed by atoms with Gasteiger partial charge in [0.25, 0.3) is 0 Å². The molecule has 1 atom stereocenters. The van der Waals surface area contributed by atoms with Crippen molar-refractivity contribution in [3.63, 3.8) is 0 Å². The second-order valence-electron chi connectivity index (χ2n) is 4.34. The van der Waals surface area contributed by atoms with E-state index in [1.807, 2.05) is 12.1 Å². The lowest BCUT2D eigenvalue weighted by atomic mass is 10.1. The predicted octanol–water partition coefficient (Wildman–Crippen LogP) is 2.34. The Kier molecular flexibility index (Phi) is 2.61. The third-order valence-corrected chi connectivity index (χ3v) is 3.39. The highest BCUT2D eigenvalue weighted by Gasteiger charge is 2.27. The lowest BCUT2D eigenvalue weighted by molar-refractivity contribution is 0.454. The monoisotopic (exact) mass is 228 g/mol. The van der Waals surface area contributed by atoms with E-state index < -0.39 is 0 Å². The minimum absolute atomic E-state index is 0.147. The maximum Gasteiger partial charge on any atom is 0.127 e. The van der Waals surface area contributed by atoms with Gasteiger partial charge in [0, 0.05) is 18.8 Å². The van der Waals surface area contributed by atoms with Crippen LogP contribution in [0.5, 0.6) is 0 Å². The first-order chi connectivity index (χ1) is 8.40. The molecule has 0 bridgehead atoms. The van der Waals surface area contributed by atoms with E-state index in [0.29, 0.717) is 6.54 Å². The van der Waals surface area contributed by atoms with Crippen LogP contribution in [-0.4, -0.2) is 13.1 Å².